The summed E-state index contributed by atoms with van der Waals surface area (Å²) in [6, 6.07) is 10.2. The lowest BCUT2D eigenvalue weighted by Crippen LogP contribution is -2.29. The zero-order chi connectivity index (χ0) is 14.7. The lowest BCUT2D eigenvalue weighted by Gasteiger charge is -2.27. The van der Waals surface area contributed by atoms with Gasteiger partial charge < -0.3 is 4.74 Å². The van der Waals surface area contributed by atoms with Crippen LogP contribution in [0.2, 0.25) is 0 Å². The van der Waals surface area contributed by atoms with Crippen LogP contribution in [0.1, 0.15) is 48.0 Å². The summed E-state index contributed by atoms with van der Waals surface area (Å²) in [5, 5.41) is 0. The average Bonchev–Trinajstić information content (AvgIpc) is 2.47. The van der Waals surface area contributed by atoms with Crippen molar-refractivity contribution < 1.29 is 4.74 Å². The molecule has 0 bridgehead atoms. The SMILES string of the molecule is COc1cc(C(NN)c2cccc(C3CCC3)c2)ncn1. The van der Waals surface area contributed by atoms with Gasteiger partial charge in [0.05, 0.1) is 18.8 Å². The number of ether oxygens (including phenoxy) is 1. The molecule has 1 aliphatic carbocycles. The first kappa shape index (κ1) is 14.0. The monoisotopic (exact) mass is 284 g/mol. The Morgan fingerprint density at radius 2 is 2.14 bits per heavy atom. The number of hydrogen-bond donors (Lipinski definition) is 2. The van der Waals surface area contributed by atoms with Gasteiger partial charge in [-0.25, -0.2) is 15.4 Å². The van der Waals surface area contributed by atoms with Crippen LogP contribution in [-0.2, 0) is 0 Å². The Labute approximate surface area is 124 Å². The third-order valence-electron chi connectivity index (χ3n) is 4.16. The maximum atomic E-state index is 5.75. The van der Waals surface area contributed by atoms with Crippen LogP contribution in [0.15, 0.2) is 36.7 Å². The van der Waals surface area contributed by atoms with Gasteiger partial charge in [-0.2, -0.15) is 0 Å². The van der Waals surface area contributed by atoms with Crippen molar-refractivity contribution in [3.63, 3.8) is 0 Å². The van der Waals surface area contributed by atoms with Gasteiger partial charge in [-0.15, -0.1) is 0 Å². The Morgan fingerprint density at radius 1 is 1.29 bits per heavy atom. The van der Waals surface area contributed by atoms with Gasteiger partial charge in [0.15, 0.2) is 0 Å². The summed E-state index contributed by atoms with van der Waals surface area (Å²) in [7, 11) is 1.59. The van der Waals surface area contributed by atoms with E-state index < -0.39 is 0 Å². The van der Waals surface area contributed by atoms with Crippen LogP contribution in [-0.4, -0.2) is 17.1 Å². The normalized spacial score (nSPS) is 16.3. The summed E-state index contributed by atoms with van der Waals surface area (Å²) in [5.41, 5.74) is 6.15. The van der Waals surface area contributed by atoms with Crippen LogP contribution in [0, 0.1) is 0 Å². The Bertz CT molecular complexity index is 613. The zero-order valence-corrected chi connectivity index (χ0v) is 12.1. The van der Waals surface area contributed by atoms with Gasteiger partial charge in [-0.3, -0.25) is 5.84 Å². The number of rotatable bonds is 5. The molecule has 0 radical (unpaired) electrons. The van der Waals surface area contributed by atoms with Crippen LogP contribution in [0.5, 0.6) is 5.88 Å². The van der Waals surface area contributed by atoms with Gasteiger partial charge in [0.1, 0.15) is 6.33 Å². The van der Waals surface area contributed by atoms with E-state index in [1.807, 2.05) is 0 Å². The van der Waals surface area contributed by atoms with Crippen molar-refractivity contribution in [1.29, 1.82) is 0 Å². The van der Waals surface area contributed by atoms with Gasteiger partial charge in [0, 0.05) is 6.07 Å². The number of nitrogens with zero attached hydrogens (tertiary/aromatic N) is 2. The highest BCUT2D eigenvalue weighted by atomic mass is 16.5. The first-order chi connectivity index (χ1) is 10.3. The van der Waals surface area contributed by atoms with Crippen molar-refractivity contribution in [2.24, 2.45) is 5.84 Å². The molecule has 0 amide bonds. The van der Waals surface area contributed by atoms with Crippen molar-refractivity contribution in [3.8, 4) is 5.88 Å². The van der Waals surface area contributed by atoms with Gasteiger partial charge in [0.25, 0.3) is 0 Å². The van der Waals surface area contributed by atoms with Crippen LogP contribution in [0.25, 0.3) is 0 Å². The number of hydrogen-bond acceptors (Lipinski definition) is 5. The Kier molecular flexibility index (Phi) is 4.13. The van der Waals surface area contributed by atoms with Crippen LogP contribution in [0.4, 0.5) is 0 Å². The van der Waals surface area contributed by atoms with E-state index in [-0.39, 0.29) is 6.04 Å². The van der Waals surface area contributed by atoms with Crippen molar-refractivity contribution in [1.82, 2.24) is 15.4 Å². The Balaban J connectivity index is 1.91. The maximum absolute atomic E-state index is 5.75. The predicted octanol–water partition coefficient (Wildman–Crippen LogP) is 2.31. The van der Waals surface area contributed by atoms with Gasteiger partial charge in [-0.05, 0) is 29.9 Å². The van der Waals surface area contributed by atoms with Gasteiger partial charge in [0.2, 0.25) is 5.88 Å². The fraction of sp³-hybridized carbons (Fsp3) is 0.375. The maximum Gasteiger partial charge on any atom is 0.216 e. The largest absolute Gasteiger partial charge is 0.481 e. The summed E-state index contributed by atoms with van der Waals surface area (Å²) in [5.74, 6) is 6.98. The highest BCUT2D eigenvalue weighted by molar-refractivity contribution is 5.34. The van der Waals surface area contributed by atoms with Crippen LogP contribution < -0.4 is 16.0 Å². The topological polar surface area (TPSA) is 73.1 Å². The van der Waals surface area contributed by atoms with E-state index in [9.17, 15) is 0 Å². The van der Waals surface area contributed by atoms with Crippen LogP contribution in [0.3, 0.4) is 0 Å². The molecule has 1 aromatic carbocycles. The number of hydrazine groups is 1. The second-order valence-corrected chi connectivity index (χ2v) is 5.38. The lowest BCUT2D eigenvalue weighted by molar-refractivity contribution is 0.395. The van der Waals surface area contributed by atoms with E-state index in [1.165, 1.54) is 31.2 Å². The van der Waals surface area contributed by atoms with Crippen molar-refractivity contribution in [2.75, 3.05) is 7.11 Å². The molecule has 1 saturated carbocycles. The van der Waals surface area contributed by atoms with E-state index in [0.29, 0.717) is 11.8 Å². The third kappa shape index (κ3) is 2.89. The first-order valence-electron chi connectivity index (χ1n) is 7.23. The minimum absolute atomic E-state index is 0.165. The second kappa shape index (κ2) is 6.20. The average molecular weight is 284 g/mol. The molecule has 5 heteroatoms. The molecule has 1 aromatic heterocycles. The van der Waals surface area contributed by atoms with Crippen molar-refractivity contribution in [3.05, 3.63) is 53.5 Å². The summed E-state index contributed by atoms with van der Waals surface area (Å²) in [6.07, 6.45) is 5.39. The fourth-order valence-electron chi connectivity index (χ4n) is 2.71. The predicted molar refractivity (Wildman–Crippen MR) is 80.8 cm³/mol. The quantitative estimate of drug-likeness (QED) is 0.651. The second-order valence-electron chi connectivity index (χ2n) is 5.38. The summed E-state index contributed by atoms with van der Waals surface area (Å²) < 4.78 is 5.15. The van der Waals surface area contributed by atoms with E-state index >= 15 is 0 Å². The highest BCUT2D eigenvalue weighted by Gasteiger charge is 2.21. The van der Waals surface area contributed by atoms with Gasteiger partial charge in [-0.1, -0.05) is 30.7 Å². The molecule has 0 saturated heterocycles. The molecule has 0 aliphatic heterocycles. The van der Waals surface area contributed by atoms with Crippen molar-refractivity contribution in [2.45, 2.75) is 31.2 Å². The Morgan fingerprint density at radius 3 is 2.81 bits per heavy atom. The van der Waals surface area contributed by atoms with E-state index in [0.717, 1.165) is 11.3 Å². The minimum atomic E-state index is -0.165. The molecule has 1 fully saturated rings. The standard InChI is InChI=1S/C16H20N4O/c1-21-15-9-14(18-10-19-15)16(20-17)13-7-3-6-12(8-13)11-4-2-5-11/h3,6-11,16,20H,2,4-5,17H2,1H3. The summed E-state index contributed by atoms with van der Waals surface area (Å²) in [4.78, 5) is 8.34. The number of methoxy groups -OCH3 is 1. The molecule has 3 rings (SSSR count). The van der Waals surface area contributed by atoms with E-state index in [2.05, 4.69) is 39.7 Å². The third-order valence-corrected chi connectivity index (χ3v) is 4.16. The fourth-order valence-corrected chi connectivity index (χ4v) is 2.71. The molecule has 1 aliphatic rings. The number of nitrogens with two attached hydrogens (primary N) is 1. The van der Waals surface area contributed by atoms with E-state index in [1.54, 1.807) is 13.2 Å². The number of benzene rings is 1. The molecule has 1 heterocycles. The minimum Gasteiger partial charge on any atom is -0.481 e. The highest BCUT2D eigenvalue weighted by Crippen LogP contribution is 2.37. The van der Waals surface area contributed by atoms with E-state index in [4.69, 9.17) is 10.6 Å². The molecule has 5 nitrogen and oxygen atoms in total. The van der Waals surface area contributed by atoms with Crippen LogP contribution >= 0.6 is 0 Å². The van der Waals surface area contributed by atoms with Crippen molar-refractivity contribution >= 4 is 0 Å². The summed E-state index contributed by atoms with van der Waals surface area (Å²) in [6.45, 7) is 0. The molecule has 3 N–H and O–H groups in total. The molecule has 21 heavy (non-hydrogen) atoms. The molecule has 2 aromatic rings. The first-order valence-corrected chi connectivity index (χ1v) is 7.23. The molecule has 1 unspecified atom stereocenters. The molecule has 0 spiro atoms. The summed E-state index contributed by atoms with van der Waals surface area (Å²) >= 11 is 0. The lowest BCUT2D eigenvalue weighted by atomic mass is 9.79. The molecular weight excluding hydrogens is 264 g/mol. The number of aromatic nitrogens is 2. The molecule has 110 valence electrons. The number of nitrogens with one attached hydrogen (secondary N) is 1. The molecular formula is C16H20N4O. The Hall–Kier alpha value is -1.98. The van der Waals surface area contributed by atoms with Gasteiger partial charge >= 0.3 is 0 Å². The zero-order valence-electron chi connectivity index (χ0n) is 12.1. The smallest absolute Gasteiger partial charge is 0.216 e. The molecule has 1 atom stereocenters.